The van der Waals surface area contributed by atoms with Gasteiger partial charge in [-0.05, 0) is 39.0 Å². The fraction of sp³-hybridized carbons (Fsp3) is 1.00. The minimum absolute atomic E-state index is 0.258. The van der Waals surface area contributed by atoms with E-state index in [-0.39, 0.29) is 5.25 Å². The van der Waals surface area contributed by atoms with Gasteiger partial charge in [0.15, 0.2) is 0 Å². The molecule has 1 aliphatic heterocycles. The molecular formula is C9H17NO2S. The van der Waals surface area contributed by atoms with Crippen LogP contribution in [0.15, 0.2) is 0 Å². The van der Waals surface area contributed by atoms with Crippen LogP contribution >= 0.6 is 0 Å². The highest BCUT2D eigenvalue weighted by Crippen LogP contribution is 2.39. The van der Waals surface area contributed by atoms with Gasteiger partial charge in [-0.3, -0.25) is 0 Å². The molecule has 0 N–H and O–H groups in total. The Bertz CT molecular complexity index is 297. The topological polar surface area (TPSA) is 37.4 Å². The summed E-state index contributed by atoms with van der Waals surface area (Å²) >= 11 is 0. The third-order valence-electron chi connectivity index (χ3n) is 3.28. The summed E-state index contributed by atoms with van der Waals surface area (Å²) in [5.74, 6) is 0.651. The molecule has 2 aliphatic rings. The molecule has 2 atom stereocenters. The molecular weight excluding hydrogens is 186 g/mol. The summed E-state index contributed by atoms with van der Waals surface area (Å²) in [6.45, 7) is 4.31. The van der Waals surface area contributed by atoms with E-state index in [0.29, 0.717) is 12.0 Å². The smallest absolute Gasteiger partial charge is 0.212 e. The maximum atomic E-state index is 11.8. The van der Waals surface area contributed by atoms with E-state index in [1.165, 1.54) is 6.42 Å². The Hall–Kier alpha value is -0.0900. The molecule has 2 bridgehead atoms. The normalized spacial score (nSPS) is 34.7. The largest absolute Gasteiger partial charge is 0.216 e. The van der Waals surface area contributed by atoms with Crippen LogP contribution in [0.25, 0.3) is 0 Å². The molecule has 1 saturated heterocycles. The minimum atomic E-state index is -2.97. The minimum Gasteiger partial charge on any atom is -0.212 e. The van der Waals surface area contributed by atoms with Crippen LogP contribution in [0, 0.1) is 5.92 Å². The maximum absolute atomic E-state index is 11.8. The second-order valence-electron chi connectivity index (χ2n) is 4.50. The van der Waals surface area contributed by atoms with Crippen molar-refractivity contribution < 1.29 is 8.42 Å². The molecule has 4 heteroatoms. The van der Waals surface area contributed by atoms with Crippen LogP contribution in [0.4, 0.5) is 0 Å². The maximum Gasteiger partial charge on any atom is 0.216 e. The molecule has 0 amide bonds. The Kier molecular flexibility index (Phi) is 2.15. The Labute approximate surface area is 80.2 Å². The van der Waals surface area contributed by atoms with Gasteiger partial charge in [-0.25, -0.2) is 8.42 Å². The lowest BCUT2D eigenvalue weighted by Gasteiger charge is -2.27. The van der Waals surface area contributed by atoms with Crippen LogP contribution < -0.4 is 0 Å². The zero-order valence-electron chi connectivity index (χ0n) is 8.23. The van der Waals surface area contributed by atoms with Crippen LogP contribution in [-0.4, -0.2) is 30.6 Å². The van der Waals surface area contributed by atoms with Crippen LogP contribution in [0.2, 0.25) is 0 Å². The van der Waals surface area contributed by atoms with E-state index < -0.39 is 10.0 Å². The van der Waals surface area contributed by atoms with Gasteiger partial charge in [0.05, 0.1) is 5.25 Å². The van der Waals surface area contributed by atoms with Gasteiger partial charge >= 0.3 is 0 Å². The summed E-state index contributed by atoms with van der Waals surface area (Å²) in [5, 5.41) is -0.258. The number of hydrogen-bond donors (Lipinski definition) is 0. The van der Waals surface area contributed by atoms with E-state index in [4.69, 9.17) is 0 Å². The summed E-state index contributed by atoms with van der Waals surface area (Å²) in [6, 6.07) is 0.331. The van der Waals surface area contributed by atoms with Crippen LogP contribution in [0.3, 0.4) is 0 Å². The van der Waals surface area contributed by atoms with Crippen molar-refractivity contribution in [3.8, 4) is 0 Å². The first-order valence-corrected chi connectivity index (χ1v) is 6.53. The first-order chi connectivity index (χ1) is 6.01. The Morgan fingerprint density at radius 2 is 2.00 bits per heavy atom. The fourth-order valence-corrected chi connectivity index (χ4v) is 4.03. The number of nitrogens with zero attached hydrogens (tertiary/aromatic N) is 1. The van der Waals surface area contributed by atoms with Gasteiger partial charge in [0.25, 0.3) is 0 Å². The first-order valence-electron chi connectivity index (χ1n) is 5.02. The van der Waals surface area contributed by atoms with Crippen molar-refractivity contribution in [2.75, 3.05) is 6.54 Å². The fourth-order valence-electron chi connectivity index (χ4n) is 2.46. The summed E-state index contributed by atoms with van der Waals surface area (Å²) in [4.78, 5) is 0. The molecule has 0 spiro atoms. The third-order valence-corrected chi connectivity index (χ3v) is 5.57. The molecule has 2 rings (SSSR count). The van der Waals surface area contributed by atoms with E-state index in [0.717, 1.165) is 19.4 Å². The van der Waals surface area contributed by atoms with E-state index in [9.17, 15) is 8.42 Å². The Morgan fingerprint density at radius 3 is 2.38 bits per heavy atom. The first kappa shape index (κ1) is 9.46. The van der Waals surface area contributed by atoms with Crippen molar-refractivity contribution in [2.45, 2.75) is 44.4 Å². The van der Waals surface area contributed by atoms with Crippen molar-refractivity contribution in [2.24, 2.45) is 5.92 Å². The second-order valence-corrected chi connectivity index (χ2v) is 6.94. The number of sulfonamides is 1. The number of fused-ring (bicyclic) bond motifs is 2. The van der Waals surface area contributed by atoms with Gasteiger partial charge in [0.1, 0.15) is 0 Å². The molecule has 0 aromatic carbocycles. The standard InChI is InChI=1S/C9H17NO2S/c1-7(2)13(11,12)10-6-8-3-4-9(10)5-8/h7-9H,3-6H2,1-2H3. The predicted molar refractivity (Wildman–Crippen MR) is 51.9 cm³/mol. The molecule has 2 fully saturated rings. The van der Waals surface area contributed by atoms with Gasteiger partial charge in [0.2, 0.25) is 10.0 Å². The number of rotatable bonds is 2. The molecule has 0 aromatic rings. The highest BCUT2D eigenvalue weighted by atomic mass is 32.2. The third kappa shape index (κ3) is 1.40. The molecule has 1 saturated carbocycles. The van der Waals surface area contributed by atoms with E-state index in [1.54, 1.807) is 18.2 Å². The molecule has 13 heavy (non-hydrogen) atoms. The van der Waals surface area contributed by atoms with Crippen molar-refractivity contribution >= 4 is 10.0 Å². The molecule has 0 radical (unpaired) electrons. The quantitative estimate of drug-likeness (QED) is 0.676. The van der Waals surface area contributed by atoms with Gasteiger partial charge in [0, 0.05) is 12.6 Å². The molecule has 3 nitrogen and oxygen atoms in total. The second kappa shape index (κ2) is 2.95. The Balaban J connectivity index is 2.19. The van der Waals surface area contributed by atoms with Crippen LogP contribution in [0.1, 0.15) is 33.1 Å². The molecule has 76 valence electrons. The van der Waals surface area contributed by atoms with Gasteiger partial charge < -0.3 is 0 Å². The SMILES string of the molecule is CC(C)S(=O)(=O)N1CC2CCC1C2. The number of hydrogen-bond acceptors (Lipinski definition) is 2. The van der Waals surface area contributed by atoms with Crippen molar-refractivity contribution in [3.05, 3.63) is 0 Å². The molecule has 1 heterocycles. The summed E-state index contributed by atoms with van der Waals surface area (Å²) in [7, 11) is -2.97. The van der Waals surface area contributed by atoms with Crippen molar-refractivity contribution in [1.82, 2.24) is 4.31 Å². The summed E-state index contributed by atoms with van der Waals surface area (Å²) in [6.07, 6.45) is 3.41. The van der Waals surface area contributed by atoms with E-state index in [2.05, 4.69) is 0 Å². The van der Waals surface area contributed by atoms with Gasteiger partial charge in [-0.15, -0.1) is 0 Å². The van der Waals surface area contributed by atoms with Crippen LogP contribution in [-0.2, 0) is 10.0 Å². The molecule has 1 aliphatic carbocycles. The predicted octanol–water partition coefficient (Wildman–Crippen LogP) is 1.21. The number of piperidine rings is 1. The lowest BCUT2D eigenvalue weighted by Crippen LogP contribution is -2.41. The zero-order valence-corrected chi connectivity index (χ0v) is 9.05. The average Bonchev–Trinajstić information content (AvgIpc) is 2.63. The lowest BCUT2D eigenvalue weighted by atomic mass is 10.1. The summed E-state index contributed by atoms with van der Waals surface area (Å²) in [5.41, 5.74) is 0. The van der Waals surface area contributed by atoms with E-state index in [1.807, 2.05) is 0 Å². The van der Waals surface area contributed by atoms with Gasteiger partial charge in [-0.1, -0.05) is 0 Å². The highest BCUT2D eigenvalue weighted by molar-refractivity contribution is 7.89. The monoisotopic (exact) mass is 203 g/mol. The Morgan fingerprint density at radius 1 is 1.31 bits per heavy atom. The lowest BCUT2D eigenvalue weighted by molar-refractivity contribution is 0.330. The highest BCUT2D eigenvalue weighted by Gasteiger charge is 2.44. The van der Waals surface area contributed by atoms with Gasteiger partial charge in [-0.2, -0.15) is 4.31 Å². The average molecular weight is 203 g/mol. The van der Waals surface area contributed by atoms with Crippen molar-refractivity contribution in [1.29, 1.82) is 0 Å². The summed E-state index contributed by atoms with van der Waals surface area (Å²) < 4.78 is 25.4. The zero-order chi connectivity index (χ0) is 9.64. The van der Waals surface area contributed by atoms with Crippen LogP contribution in [0.5, 0.6) is 0 Å². The van der Waals surface area contributed by atoms with E-state index >= 15 is 0 Å². The molecule has 0 aromatic heterocycles. The van der Waals surface area contributed by atoms with Crippen molar-refractivity contribution in [3.63, 3.8) is 0 Å². The molecule has 2 unspecified atom stereocenters.